The molecule has 0 heteroatoms. The summed E-state index contributed by atoms with van der Waals surface area (Å²) in [6.45, 7) is 0. The van der Waals surface area contributed by atoms with Gasteiger partial charge in [0.15, 0.2) is 0 Å². The summed E-state index contributed by atoms with van der Waals surface area (Å²) in [6.07, 6.45) is 0. The number of hydrogen-bond acceptors (Lipinski definition) is 0. The lowest BCUT2D eigenvalue weighted by atomic mass is 9.83. The maximum atomic E-state index is 2.41. The van der Waals surface area contributed by atoms with Crippen LogP contribution in [0.2, 0.25) is 0 Å². The highest BCUT2D eigenvalue weighted by Crippen LogP contribution is 2.51. The molecule has 0 N–H and O–H groups in total. The largest absolute Gasteiger partial charge is 0.0622 e. The smallest absolute Gasteiger partial charge is 0.00199 e. The fourth-order valence-corrected chi connectivity index (χ4v) is 18.6. The molecule has 0 spiro atoms. The molecule has 23 rings (SSSR count). The molecule has 0 aromatic heterocycles. The second-order valence-electron chi connectivity index (χ2n) is 30.3. The van der Waals surface area contributed by atoms with Crippen molar-refractivity contribution in [1.82, 2.24) is 0 Å². The van der Waals surface area contributed by atoms with E-state index in [-0.39, 0.29) is 0 Å². The van der Waals surface area contributed by atoms with Gasteiger partial charge in [-0.25, -0.2) is 0 Å². The SMILES string of the molecule is c1ccc(-c2c3ccccc3c(-c3cc(-c4ccc5ccccc5c4)cc4ccccc34)c3ccccc23)cc1.c1ccc(-c2c3ccccc3c(-c3ccc(-c4cccc5ccccc45)c4ccccc34)c3ccccc23)cc1.c1ccc(-c2cc(-c3c4ccccc4c(-c4ccccc4)c4ccccc34)c3ccccc3c2)cc1. The summed E-state index contributed by atoms with van der Waals surface area (Å²) >= 11 is 0. The number of fused-ring (bicyclic) bond motifs is 11. The Balaban J connectivity index is 0.000000109. The summed E-state index contributed by atoms with van der Waals surface area (Å²) in [6, 6.07) is 168. The Morgan fingerprint density at radius 2 is 0.328 bits per heavy atom. The molecule has 0 aliphatic heterocycles. The van der Waals surface area contributed by atoms with Crippen LogP contribution in [0, 0.1) is 0 Å². The molecule has 0 nitrogen and oxygen atoms in total. The average molecular weight is 1470 g/mol. The van der Waals surface area contributed by atoms with Gasteiger partial charge in [0.05, 0.1) is 0 Å². The third-order valence-corrected chi connectivity index (χ3v) is 23.7. The molecule has 0 aliphatic carbocycles. The van der Waals surface area contributed by atoms with Crippen molar-refractivity contribution in [2.45, 2.75) is 0 Å². The molecule has 0 bridgehead atoms. The molecule has 23 aromatic rings. The molecule has 23 aromatic carbocycles. The first-order chi connectivity index (χ1) is 57.6. The van der Waals surface area contributed by atoms with E-state index in [4.69, 9.17) is 0 Å². The molecule has 116 heavy (non-hydrogen) atoms. The summed E-state index contributed by atoms with van der Waals surface area (Å²) in [5.74, 6) is 0. The molecule has 540 valence electrons. The molecular formula is C116H76. The standard InChI is InChI=1S/2C40H26.C36H24/c1-2-14-28(15-3-1)39-34-20-8-10-22-36(34)40(37-23-11-9-21-35(37)39)38-26-25-33(31-18-6-7-19-32(31)38)30-24-12-16-27-13-4-5-17-29(27)30;1-2-13-28(14-3-1)39-34-18-8-10-20-36(34)40(37-21-11-9-19-35(37)39)38-26-32(25-31-16-6-7-17-33(31)38)30-23-22-27-12-4-5-15-29(27)24-30;1-3-13-25(14-4-1)28-23-27-17-7-8-18-29(27)34(24-28)36-32-21-11-9-19-30(32)35(26-15-5-2-6-16-26)31-20-10-12-22-33(31)36/h2*1-26H;1-24H. The molecular weight excluding hydrogens is 1390 g/mol. The molecule has 0 saturated carbocycles. The Morgan fingerprint density at radius 1 is 0.0862 bits per heavy atom. The predicted molar refractivity (Wildman–Crippen MR) is 501 cm³/mol. The molecule has 0 radical (unpaired) electrons. The number of rotatable bonds is 9. The normalized spacial score (nSPS) is 11.4. The Morgan fingerprint density at radius 3 is 0.716 bits per heavy atom. The third-order valence-electron chi connectivity index (χ3n) is 23.7. The lowest BCUT2D eigenvalue weighted by Crippen LogP contribution is -1.92. The minimum atomic E-state index is 1.24. The lowest BCUT2D eigenvalue weighted by Gasteiger charge is -2.20. The first-order valence-electron chi connectivity index (χ1n) is 40.2. The summed E-state index contributed by atoms with van der Waals surface area (Å²) in [5, 5.41) is 28.1. The van der Waals surface area contributed by atoms with Crippen molar-refractivity contribution < 1.29 is 0 Å². The van der Waals surface area contributed by atoms with Crippen molar-refractivity contribution in [2.75, 3.05) is 0 Å². The number of benzene rings is 23. The minimum Gasteiger partial charge on any atom is -0.0622 e. The predicted octanol–water partition coefficient (Wildman–Crippen LogP) is 32.7. The minimum absolute atomic E-state index is 1.24. The van der Waals surface area contributed by atoms with Crippen LogP contribution >= 0.6 is 0 Å². The summed E-state index contributed by atoms with van der Waals surface area (Å²) in [7, 11) is 0. The third kappa shape index (κ3) is 12.3. The van der Waals surface area contributed by atoms with Gasteiger partial charge in [0.2, 0.25) is 0 Å². The second-order valence-corrected chi connectivity index (χ2v) is 30.3. The zero-order valence-electron chi connectivity index (χ0n) is 63.9. The summed E-state index contributed by atoms with van der Waals surface area (Å²) in [5.41, 5.74) is 22.8. The van der Waals surface area contributed by atoms with E-state index in [0.717, 1.165) is 0 Å². The van der Waals surface area contributed by atoms with Crippen molar-refractivity contribution in [3.63, 3.8) is 0 Å². The van der Waals surface area contributed by atoms with Crippen molar-refractivity contribution in [3.05, 3.63) is 461 Å². The van der Waals surface area contributed by atoms with Crippen molar-refractivity contribution in [3.8, 4) is 100 Å². The van der Waals surface area contributed by atoms with Crippen LogP contribution in [-0.2, 0) is 0 Å². The van der Waals surface area contributed by atoms with Crippen LogP contribution in [0.3, 0.4) is 0 Å². The van der Waals surface area contributed by atoms with E-state index < -0.39 is 0 Å². The van der Waals surface area contributed by atoms with E-state index in [2.05, 4.69) is 461 Å². The van der Waals surface area contributed by atoms with Crippen LogP contribution in [0.15, 0.2) is 461 Å². The van der Waals surface area contributed by atoms with Crippen molar-refractivity contribution >= 4 is 118 Å². The fraction of sp³-hybridized carbons (Fsp3) is 0. The van der Waals surface area contributed by atoms with Crippen molar-refractivity contribution in [2.24, 2.45) is 0 Å². The van der Waals surface area contributed by atoms with Gasteiger partial charge < -0.3 is 0 Å². The Labute approximate surface area is 675 Å². The van der Waals surface area contributed by atoms with Crippen LogP contribution in [0.4, 0.5) is 0 Å². The molecule has 0 heterocycles. The van der Waals surface area contributed by atoms with Gasteiger partial charge in [-0.2, -0.15) is 0 Å². The first-order valence-corrected chi connectivity index (χ1v) is 40.2. The van der Waals surface area contributed by atoms with Gasteiger partial charge in [0.1, 0.15) is 0 Å². The van der Waals surface area contributed by atoms with E-state index in [1.54, 1.807) is 0 Å². The van der Waals surface area contributed by atoms with E-state index in [0.29, 0.717) is 0 Å². The van der Waals surface area contributed by atoms with E-state index in [9.17, 15) is 0 Å². The van der Waals surface area contributed by atoms with Crippen LogP contribution in [0.25, 0.3) is 219 Å². The topological polar surface area (TPSA) is 0 Å². The molecule has 0 amide bonds. The molecule has 0 saturated heterocycles. The van der Waals surface area contributed by atoms with Crippen LogP contribution in [0.1, 0.15) is 0 Å². The maximum Gasteiger partial charge on any atom is -0.00199 e. The summed E-state index contributed by atoms with van der Waals surface area (Å²) < 4.78 is 0. The Hall–Kier alpha value is -15.1. The maximum absolute atomic E-state index is 2.41. The Kier molecular flexibility index (Phi) is 17.7. The van der Waals surface area contributed by atoms with Gasteiger partial charge in [0, 0.05) is 0 Å². The molecule has 0 aliphatic rings. The Bertz CT molecular complexity index is 7550. The van der Waals surface area contributed by atoms with Gasteiger partial charge in [0.25, 0.3) is 0 Å². The highest BCUT2D eigenvalue weighted by Gasteiger charge is 2.24. The van der Waals surface area contributed by atoms with E-state index in [1.807, 2.05) is 0 Å². The zero-order valence-corrected chi connectivity index (χ0v) is 63.9. The van der Waals surface area contributed by atoms with E-state index >= 15 is 0 Å². The quantitative estimate of drug-likeness (QED) is 0.126. The number of hydrogen-bond donors (Lipinski definition) is 0. The fourth-order valence-electron chi connectivity index (χ4n) is 18.6. The second kappa shape index (κ2) is 29.9. The lowest BCUT2D eigenvalue weighted by molar-refractivity contribution is 1.63. The van der Waals surface area contributed by atoms with Gasteiger partial charge in [-0.3, -0.25) is 0 Å². The van der Waals surface area contributed by atoms with Crippen LogP contribution in [0.5, 0.6) is 0 Å². The highest BCUT2D eigenvalue weighted by atomic mass is 14.3. The van der Waals surface area contributed by atoms with Crippen LogP contribution < -0.4 is 0 Å². The highest BCUT2D eigenvalue weighted by molar-refractivity contribution is 6.28. The monoisotopic (exact) mass is 1470 g/mol. The van der Waals surface area contributed by atoms with Gasteiger partial charge in [-0.05, 0) is 249 Å². The van der Waals surface area contributed by atoms with E-state index in [1.165, 1.54) is 219 Å². The average Bonchev–Trinajstić information content (AvgIpc) is 0.733. The molecule has 0 unspecified atom stereocenters. The first kappa shape index (κ1) is 68.9. The van der Waals surface area contributed by atoms with Crippen molar-refractivity contribution in [1.29, 1.82) is 0 Å². The zero-order chi connectivity index (χ0) is 76.8. The van der Waals surface area contributed by atoms with Gasteiger partial charge in [-0.1, -0.05) is 431 Å². The summed E-state index contributed by atoms with van der Waals surface area (Å²) in [4.78, 5) is 0. The molecule has 0 atom stereocenters. The van der Waals surface area contributed by atoms with Gasteiger partial charge >= 0.3 is 0 Å². The molecule has 0 fully saturated rings. The van der Waals surface area contributed by atoms with Gasteiger partial charge in [-0.15, -0.1) is 0 Å². The van der Waals surface area contributed by atoms with Crippen LogP contribution in [-0.4, -0.2) is 0 Å².